The largest absolute Gasteiger partial charge is 0.565 e. The Balaban J connectivity index is 0.000000135. The number of hydrogen-bond acceptors (Lipinski definition) is 27. The number of piperazine rings is 3. The maximum atomic E-state index is 10.5. The summed E-state index contributed by atoms with van der Waals surface area (Å²) >= 11 is 17.3. The molecule has 2 N–H and O–H groups in total. The topological polar surface area (TPSA) is 316 Å². The fourth-order valence-corrected chi connectivity index (χ4v) is 15.3. The van der Waals surface area contributed by atoms with E-state index in [1.165, 1.54) is 28.8 Å². The summed E-state index contributed by atoms with van der Waals surface area (Å²) in [6.07, 6.45) is 10.1. The van der Waals surface area contributed by atoms with Crippen molar-refractivity contribution >= 4 is 154 Å². The molecule has 1 unspecified atom stereocenters. The van der Waals surface area contributed by atoms with Gasteiger partial charge in [-0.25, -0.2) is 35.2 Å². The van der Waals surface area contributed by atoms with Crippen LogP contribution in [0.5, 0.6) is 34.5 Å². The maximum Gasteiger partial charge on any atom is 0.521 e. The van der Waals surface area contributed by atoms with Gasteiger partial charge in [-0.1, -0.05) is 116 Å². The first-order chi connectivity index (χ1) is 54.5. The molecule has 1 atom stereocenters. The van der Waals surface area contributed by atoms with Crippen LogP contribution in [0.1, 0.15) is 50.4 Å². The van der Waals surface area contributed by atoms with Crippen LogP contribution in [0.25, 0.3) is 66.2 Å². The molecule has 0 amide bonds. The van der Waals surface area contributed by atoms with Gasteiger partial charge in [0.05, 0.1) is 19.9 Å². The Kier molecular flexibility index (Phi) is 24.9. The van der Waals surface area contributed by atoms with E-state index in [0.29, 0.717) is 20.4 Å². The van der Waals surface area contributed by atoms with E-state index < -0.39 is 18.4 Å². The first kappa shape index (κ1) is 78.6. The van der Waals surface area contributed by atoms with Crippen LogP contribution in [0.2, 0.25) is 0 Å². The molecule has 0 spiro atoms. The predicted octanol–water partition coefficient (Wildman–Crippen LogP) is 14.2. The Morgan fingerprint density at radius 1 is 0.451 bits per heavy atom. The number of anilines is 3. The molecule has 0 aliphatic carbocycles. The highest BCUT2D eigenvalue weighted by molar-refractivity contribution is 7.85. The van der Waals surface area contributed by atoms with Gasteiger partial charge >= 0.3 is 8.25 Å². The fraction of sp³-hybridized carbons (Fsp3) is 0.287. The van der Waals surface area contributed by atoms with Crippen LogP contribution in [0.4, 0.5) is 17.5 Å². The SMILES string of the molecule is C.Cc1ccc(S(=O)(=O)O)cc1.O=[P+]([O-])OO.S=C(CCc1ccc2c(c1)OCO2)N1CCN(c2ncnc3c2oc2ccccc23)CC1.S=C(CCc1ccc2c(c1)OCO2)N1CCN(c2ncnc3c2oc2ccccc23)CC1.S=C(CCc1ccc2c(c1)OCO2)N1CCN(c2ncnc3c2oc2ccccc23)CC1.[HH]. The lowest BCUT2D eigenvalue weighted by molar-refractivity contribution is -0.244. The summed E-state index contributed by atoms with van der Waals surface area (Å²) in [5.74, 6) is 7.49. The summed E-state index contributed by atoms with van der Waals surface area (Å²) in [5.41, 5.74) is 12.0. The second-order valence-electron chi connectivity index (χ2n) is 26.7. The van der Waals surface area contributed by atoms with Crippen molar-refractivity contribution in [2.75, 3.05) is 114 Å². The van der Waals surface area contributed by atoms with Crippen molar-refractivity contribution in [1.82, 2.24) is 44.6 Å². The minimum Gasteiger partial charge on any atom is -0.565 e. The zero-order chi connectivity index (χ0) is 77.2. The van der Waals surface area contributed by atoms with E-state index in [4.69, 9.17) is 97.6 Å². The molecule has 586 valence electrons. The Morgan fingerprint density at radius 2 is 0.743 bits per heavy atom. The number of aromatic nitrogens is 6. The molecule has 6 aliphatic heterocycles. The Labute approximate surface area is 668 Å². The van der Waals surface area contributed by atoms with Crippen molar-refractivity contribution in [3.05, 3.63) is 193 Å². The standard InChI is InChI=1S/3C24H22N4O3S.C7H8O3S.CH4.HO4P.H2/c3*32-21(8-6-16-5-7-19-20(13-16)30-15-29-19)27-9-11-28(12-10-27)24-23-22(25-14-26-24)17-3-1-2-4-18(17)31-23;1-6-2-4-7(5-3-6)11(8,9)10;;1-4-5(2)3;/h3*1-5,7,13-14H,6,8-12,15H2;2-5H,1H3,(H,8,9,10);1H4;1H;1H. The zero-order valence-electron chi connectivity index (χ0n) is 60.6. The number of aryl methyl sites for hydroxylation is 4. The zero-order valence-corrected chi connectivity index (χ0v) is 64.7. The molecule has 113 heavy (non-hydrogen) atoms. The molecule has 7 aromatic carbocycles. The molecule has 19 rings (SSSR count). The summed E-state index contributed by atoms with van der Waals surface area (Å²) in [6.45, 7) is 13.0. The van der Waals surface area contributed by atoms with Crippen LogP contribution in [0, 0.1) is 6.92 Å². The molecule has 3 fully saturated rings. The molecule has 3 saturated heterocycles. The minimum atomic E-state index is -4.02. The van der Waals surface area contributed by atoms with Gasteiger partial charge in [-0.3, -0.25) is 4.55 Å². The third kappa shape index (κ3) is 18.4. The fourth-order valence-electron chi connectivity index (χ4n) is 13.9. The lowest BCUT2D eigenvalue weighted by Crippen LogP contribution is -2.48. The van der Waals surface area contributed by atoms with Gasteiger partial charge in [-0.15, -0.1) is 0 Å². The van der Waals surface area contributed by atoms with E-state index in [2.05, 4.69) is 100 Å². The van der Waals surface area contributed by atoms with Crippen molar-refractivity contribution < 1.29 is 75.5 Å². The van der Waals surface area contributed by atoms with Gasteiger partial charge < -0.3 is 76.0 Å². The van der Waals surface area contributed by atoms with Crippen molar-refractivity contribution in [1.29, 1.82) is 0 Å². The summed E-state index contributed by atoms with van der Waals surface area (Å²) < 4.78 is 92.1. The van der Waals surface area contributed by atoms with Crippen LogP contribution in [-0.2, 0) is 38.6 Å². The minimum absolute atomic E-state index is 0. The number of hydrogen-bond donors (Lipinski definition) is 2. The van der Waals surface area contributed by atoms with Gasteiger partial charge in [0, 0.05) is 120 Å². The van der Waals surface area contributed by atoms with Gasteiger partial charge in [0.25, 0.3) is 10.1 Å². The molecule has 0 radical (unpaired) electrons. The molecule has 12 heterocycles. The van der Waals surface area contributed by atoms with E-state index in [-0.39, 0.29) is 13.7 Å². The van der Waals surface area contributed by atoms with E-state index in [1.54, 1.807) is 31.1 Å². The molecule has 0 saturated carbocycles. The first-order valence-electron chi connectivity index (χ1n) is 36.2. The molecule has 6 aromatic heterocycles. The number of nitrogens with zero attached hydrogens (tertiary/aromatic N) is 12. The van der Waals surface area contributed by atoms with Gasteiger partial charge in [0.15, 0.2) is 68.7 Å². The van der Waals surface area contributed by atoms with Crippen molar-refractivity contribution in [2.45, 2.75) is 57.8 Å². The van der Waals surface area contributed by atoms with E-state index in [9.17, 15) is 8.42 Å². The smallest absolute Gasteiger partial charge is 0.521 e. The molecule has 28 nitrogen and oxygen atoms in total. The number of ether oxygens (including phenoxy) is 6. The van der Waals surface area contributed by atoms with E-state index >= 15 is 0 Å². The second kappa shape index (κ2) is 35.7. The van der Waals surface area contributed by atoms with Crippen LogP contribution in [0.3, 0.4) is 0 Å². The third-order valence-electron chi connectivity index (χ3n) is 19.8. The van der Waals surface area contributed by atoms with Gasteiger partial charge in [-0.05, 0) is 132 Å². The molecule has 6 aliphatic rings. The van der Waals surface area contributed by atoms with Gasteiger partial charge in [0.2, 0.25) is 20.4 Å². The summed E-state index contributed by atoms with van der Waals surface area (Å²) in [7, 11) is -7.06. The molecule has 13 aromatic rings. The van der Waals surface area contributed by atoms with E-state index in [1.807, 2.05) is 97.9 Å². The average molecular weight is 1630 g/mol. The Hall–Kier alpha value is -11.1. The molecular weight excluding hydrogens is 1540 g/mol. The lowest BCUT2D eigenvalue weighted by Gasteiger charge is -2.36. The van der Waals surface area contributed by atoms with Gasteiger partial charge in [0.1, 0.15) is 52.3 Å². The molecule has 0 bridgehead atoms. The Bertz CT molecular complexity index is 5260. The van der Waals surface area contributed by atoms with Crippen LogP contribution < -0.4 is 48.0 Å². The van der Waals surface area contributed by atoms with Crippen molar-refractivity contribution in [2.24, 2.45) is 0 Å². The summed E-state index contributed by atoms with van der Waals surface area (Å²) in [5, 5.41) is 10.1. The van der Waals surface area contributed by atoms with Crippen molar-refractivity contribution in [3.8, 4) is 34.5 Å². The summed E-state index contributed by atoms with van der Waals surface area (Å²) in [4.78, 5) is 52.6. The average Bonchev–Trinajstić information content (AvgIpc) is 1.62. The number of benzene rings is 7. The number of furan rings is 3. The van der Waals surface area contributed by atoms with Gasteiger partial charge in [-0.2, -0.15) is 8.42 Å². The second-order valence-corrected chi connectivity index (χ2v) is 30.1. The number of para-hydroxylation sites is 3. The molecule has 33 heteroatoms. The lowest BCUT2D eigenvalue weighted by atomic mass is 10.1. The van der Waals surface area contributed by atoms with Crippen LogP contribution in [0.15, 0.2) is 189 Å². The maximum absolute atomic E-state index is 10.5. The van der Waals surface area contributed by atoms with Crippen molar-refractivity contribution in [3.63, 3.8) is 0 Å². The highest BCUT2D eigenvalue weighted by Crippen LogP contribution is 2.39. The third-order valence-corrected chi connectivity index (χ3v) is 22.2. The quantitative estimate of drug-likeness (QED) is 0.0336. The molecular formula is C80H81N12O16PS4. The number of fused-ring (bicyclic) bond motifs is 12. The highest BCUT2D eigenvalue weighted by atomic mass is 32.2. The highest BCUT2D eigenvalue weighted by Gasteiger charge is 2.29. The number of thiocarbonyl (C=S) groups is 3. The predicted molar refractivity (Wildman–Crippen MR) is 441 cm³/mol. The summed E-state index contributed by atoms with van der Waals surface area (Å²) in [6, 6.07) is 48.3. The Morgan fingerprint density at radius 3 is 1.04 bits per heavy atom. The number of rotatable bonds is 14. The monoisotopic (exact) mass is 1620 g/mol. The normalized spacial score (nSPS) is 14.9. The van der Waals surface area contributed by atoms with E-state index in [0.717, 1.165) is 256 Å². The van der Waals surface area contributed by atoms with Crippen LogP contribution >= 0.6 is 44.9 Å². The first-order valence-corrected chi connectivity index (χ1v) is 39.9. The van der Waals surface area contributed by atoms with Crippen LogP contribution in [-0.4, -0.2) is 177 Å².